The SMILES string of the molecule is COC1C(=O)N2CCc3ccccc3C12SC. The minimum atomic E-state index is -0.334. The van der Waals surface area contributed by atoms with E-state index in [1.807, 2.05) is 17.2 Å². The van der Waals surface area contributed by atoms with E-state index < -0.39 is 0 Å². The third-order valence-electron chi connectivity index (χ3n) is 3.80. The van der Waals surface area contributed by atoms with Gasteiger partial charge in [-0.25, -0.2) is 0 Å². The number of hydrogen-bond donors (Lipinski definition) is 0. The van der Waals surface area contributed by atoms with Gasteiger partial charge in [-0.05, 0) is 23.8 Å². The standard InChI is InChI=1S/C13H15NO2S/c1-16-11-12(15)14-8-7-9-5-3-4-6-10(9)13(11,14)17-2/h3-6,11H,7-8H2,1-2H3. The van der Waals surface area contributed by atoms with Crippen molar-refractivity contribution in [1.29, 1.82) is 0 Å². The maximum atomic E-state index is 12.0. The molecule has 2 aliphatic rings. The van der Waals surface area contributed by atoms with E-state index in [2.05, 4.69) is 18.2 Å². The van der Waals surface area contributed by atoms with Crippen molar-refractivity contribution < 1.29 is 9.53 Å². The van der Waals surface area contributed by atoms with Crippen molar-refractivity contribution in [1.82, 2.24) is 4.90 Å². The molecule has 3 rings (SSSR count). The molecular formula is C13H15NO2S. The molecule has 1 amide bonds. The Balaban J connectivity index is 2.15. The highest BCUT2D eigenvalue weighted by molar-refractivity contribution is 7.99. The summed E-state index contributed by atoms with van der Waals surface area (Å²) in [4.78, 5) is 13.7. The van der Waals surface area contributed by atoms with E-state index in [4.69, 9.17) is 4.74 Å². The molecule has 4 heteroatoms. The molecule has 3 nitrogen and oxygen atoms in total. The number of methoxy groups -OCH3 is 1. The number of β-lactam (4-membered cyclic amide) rings is 1. The van der Waals surface area contributed by atoms with Crippen LogP contribution in [0.25, 0.3) is 0 Å². The van der Waals surface area contributed by atoms with Crippen LogP contribution in [0.15, 0.2) is 24.3 Å². The first-order valence-corrected chi connectivity index (χ1v) is 6.96. The first kappa shape index (κ1) is 11.1. The van der Waals surface area contributed by atoms with Crippen LogP contribution in [0.3, 0.4) is 0 Å². The molecule has 90 valence electrons. The molecule has 1 saturated heterocycles. The summed E-state index contributed by atoms with van der Waals surface area (Å²) < 4.78 is 5.41. The van der Waals surface area contributed by atoms with Gasteiger partial charge in [-0.3, -0.25) is 4.79 Å². The zero-order chi connectivity index (χ0) is 12.0. The summed E-state index contributed by atoms with van der Waals surface area (Å²) in [7, 11) is 1.62. The van der Waals surface area contributed by atoms with Gasteiger partial charge in [-0.2, -0.15) is 0 Å². The van der Waals surface area contributed by atoms with Crippen molar-refractivity contribution in [3.8, 4) is 0 Å². The minimum Gasteiger partial charge on any atom is -0.368 e. The lowest BCUT2D eigenvalue weighted by molar-refractivity contribution is -0.178. The number of rotatable bonds is 2. The first-order chi connectivity index (χ1) is 8.25. The number of amides is 1. The summed E-state index contributed by atoms with van der Waals surface area (Å²) in [6.07, 6.45) is 2.66. The average Bonchev–Trinajstić information content (AvgIpc) is 2.37. The second-order valence-electron chi connectivity index (χ2n) is 4.41. The fraction of sp³-hybridized carbons (Fsp3) is 0.462. The van der Waals surface area contributed by atoms with E-state index in [1.165, 1.54) is 11.1 Å². The van der Waals surface area contributed by atoms with Gasteiger partial charge in [0, 0.05) is 13.7 Å². The van der Waals surface area contributed by atoms with Crippen LogP contribution in [0.2, 0.25) is 0 Å². The molecule has 0 saturated carbocycles. The summed E-state index contributed by atoms with van der Waals surface area (Å²) in [6, 6.07) is 8.37. The molecule has 1 aromatic carbocycles. The van der Waals surface area contributed by atoms with Crippen molar-refractivity contribution in [3.63, 3.8) is 0 Å². The average molecular weight is 249 g/mol. The second-order valence-corrected chi connectivity index (χ2v) is 5.44. The zero-order valence-corrected chi connectivity index (χ0v) is 10.8. The fourth-order valence-corrected chi connectivity index (χ4v) is 4.25. The predicted octanol–water partition coefficient (Wildman–Crippen LogP) is 1.62. The Morgan fingerprint density at radius 1 is 1.47 bits per heavy atom. The number of hydrogen-bond acceptors (Lipinski definition) is 3. The van der Waals surface area contributed by atoms with Crippen LogP contribution in [0.4, 0.5) is 0 Å². The normalized spacial score (nSPS) is 30.6. The Labute approximate surface area is 105 Å². The molecule has 0 bridgehead atoms. The summed E-state index contributed by atoms with van der Waals surface area (Å²) in [5, 5.41) is 0. The van der Waals surface area contributed by atoms with Gasteiger partial charge in [0.05, 0.1) is 0 Å². The van der Waals surface area contributed by atoms with Gasteiger partial charge in [0.1, 0.15) is 4.87 Å². The molecule has 2 heterocycles. The smallest absolute Gasteiger partial charge is 0.256 e. The van der Waals surface area contributed by atoms with Gasteiger partial charge < -0.3 is 9.64 Å². The Kier molecular flexibility index (Phi) is 2.45. The van der Waals surface area contributed by atoms with E-state index in [0.717, 1.165) is 13.0 Å². The monoisotopic (exact) mass is 249 g/mol. The van der Waals surface area contributed by atoms with Crippen LogP contribution < -0.4 is 0 Å². The lowest BCUT2D eigenvalue weighted by Gasteiger charge is -2.58. The van der Waals surface area contributed by atoms with Crippen molar-refractivity contribution in [3.05, 3.63) is 35.4 Å². The summed E-state index contributed by atoms with van der Waals surface area (Å²) >= 11 is 1.70. The Morgan fingerprint density at radius 2 is 2.24 bits per heavy atom. The van der Waals surface area contributed by atoms with Crippen molar-refractivity contribution in [2.24, 2.45) is 0 Å². The highest BCUT2D eigenvalue weighted by Gasteiger charge is 2.63. The number of carbonyl (C=O) groups is 1. The molecule has 0 spiro atoms. The number of benzene rings is 1. The largest absolute Gasteiger partial charge is 0.368 e. The molecular weight excluding hydrogens is 234 g/mol. The van der Waals surface area contributed by atoms with E-state index in [0.29, 0.717) is 0 Å². The first-order valence-electron chi connectivity index (χ1n) is 5.73. The number of nitrogens with zero attached hydrogens (tertiary/aromatic N) is 1. The van der Waals surface area contributed by atoms with Crippen molar-refractivity contribution >= 4 is 17.7 Å². The summed E-state index contributed by atoms with van der Waals surface area (Å²) in [6.45, 7) is 0.802. The number of fused-ring (bicyclic) bond motifs is 3. The Bertz CT molecular complexity index is 476. The van der Waals surface area contributed by atoms with Crippen LogP contribution in [0, 0.1) is 0 Å². The third kappa shape index (κ3) is 1.20. The predicted molar refractivity (Wildman–Crippen MR) is 67.8 cm³/mol. The van der Waals surface area contributed by atoms with E-state index >= 15 is 0 Å². The van der Waals surface area contributed by atoms with Crippen LogP contribution in [-0.4, -0.2) is 36.8 Å². The Morgan fingerprint density at radius 3 is 2.94 bits per heavy atom. The number of thioether (sulfide) groups is 1. The Hall–Kier alpha value is -1.00. The van der Waals surface area contributed by atoms with Crippen LogP contribution in [-0.2, 0) is 20.8 Å². The highest BCUT2D eigenvalue weighted by atomic mass is 32.2. The molecule has 0 aromatic heterocycles. The molecule has 0 N–H and O–H groups in total. The van der Waals surface area contributed by atoms with E-state index in [-0.39, 0.29) is 16.9 Å². The zero-order valence-electron chi connectivity index (χ0n) is 9.97. The quantitative estimate of drug-likeness (QED) is 0.746. The lowest BCUT2D eigenvalue weighted by Crippen LogP contribution is -2.72. The topological polar surface area (TPSA) is 29.5 Å². The molecule has 17 heavy (non-hydrogen) atoms. The molecule has 2 atom stereocenters. The molecule has 1 fully saturated rings. The van der Waals surface area contributed by atoms with Gasteiger partial charge in [0.15, 0.2) is 6.10 Å². The summed E-state index contributed by atoms with van der Waals surface area (Å²) in [5.74, 6) is 0.122. The molecule has 1 aromatic rings. The number of carbonyl (C=O) groups excluding carboxylic acids is 1. The lowest BCUT2D eigenvalue weighted by atomic mass is 9.82. The molecule has 0 radical (unpaired) electrons. The molecule has 0 aliphatic carbocycles. The van der Waals surface area contributed by atoms with Gasteiger partial charge in [-0.1, -0.05) is 24.3 Å². The van der Waals surface area contributed by atoms with Crippen LogP contribution in [0.5, 0.6) is 0 Å². The molecule has 2 aliphatic heterocycles. The highest BCUT2D eigenvalue weighted by Crippen LogP contribution is 2.53. The molecule has 2 unspecified atom stereocenters. The summed E-state index contributed by atoms with van der Waals surface area (Å²) in [5.41, 5.74) is 2.58. The van der Waals surface area contributed by atoms with Gasteiger partial charge in [0.2, 0.25) is 0 Å². The van der Waals surface area contributed by atoms with Gasteiger partial charge in [-0.15, -0.1) is 11.8 Å². The third-order valence-corrected chi connectivity index (χ3v) is 5.08. The van der Waals surface area contributed by atoms with Crippen molar-refractivity contribution in [2.45, 2.75) is 17.4 Å². The maximum absolute atomic E-state index is 12.0. The maximum Gasteiger partial charge on any atom is 0.256 e. The minimum absolute atomic E-state index is 0.122. The number of ether oxygens (including phenoxy) is 1. The van der Waals surface area contributed by atoms with Gasteiger partial charge >= 0.3 is 0 Å². The fourth-order valence-electron chi connectivity index (χ4n) is 3.02. The second kappa shape index (κ2) is 3.75. The van der Waals surface area contributed by atoms with Crippen LogP contribution in [0.1, 0.15) is 11.1 Å². The van der Waals surface area contributed by atoms with Gasteiger partial charge in [0.25, 0.3) is 5.91 Å². The van der Waals surface area contributed by atoms with E-state index in [9.17, 15) is 4.79 Å². The van der Waals surface area contributed by atoms with Crippen molar-refractivity contribution in [2.75, 3.05) is 19.9 Å². The van der Waals surface area contributed by atoms with E-state index in [1.54, 1.807) is 18.9 Å². The van der Waals surface area contributed by atoms with Crippen LogP contribution >= 0.6 is 11.8 Å².